The highest BCUT2D eigenvalue weighted by Gasteiger charge is 2.21. The van der Waals surface area contributed by atoms with Gasteiger partial charge in [-0.2, -0.15) is 0 Å². The minimum atomic E-state index is -1.35. The third-order valence-corrected chi connectivity index (χ3v) is 4.34. The Morgan fingerprint density at radius 1 is 1.24 bits per heavy atom. The second kappa shape index (κ2) is 6.97. The number of nitrogen functional groups attached to an aromatic ring is 1. The summed E-state index contributed by atoms with van der Waals surface area (Å²) in [5.74, 6) is -4.36. The number of nitrogens with two attached hydrogens (primary N) is 1. The number of hydrogen-bond acceptors (Lipinski definition) is 4. The van der Waals surface area contributed by atoms with Gasteiger partial charge in [0.05, 0.1) is 16.1 Å². The van der Waals surface area contributed by atoms with Crippen LogP contribution in [-0.2, 0) is 0 Å². The van der Waals surface area contributed by atoms with Crippen LogP contribution in [0.5, 0.6) is 0 Å². The lowest BCUT2D eigenvalue weighted by atomic mass is 10.1. The molecule has 0 radical (unpaired) electrons. The van der Waals surface area contributed by atoms with Crippen molar-refractivity contribution in [2.24, 2.45) is 0 Å². The number of carboxylic acids is 1. The first-order chi connectivity index (χ1) is 11.5. The third-order valence-electron chi connectivity index (χ3n) is 3.10. The predicted octanol–water partition coefficient (Wildman–Crippen LogP) is 4.02. The number of aromatic carboxylic acids is 1. The molecule has 0 aliphatic rings. The van der Waals surface area contributed by atoms with Gasteiger partial charge in [-0.25, -0.2) is 33.6 Å². The lowest BCUT2D eigenvalue weighted by molar-refractivity contribution is 0.0690. The Balaban J connectivity index is 2.67. The molecule has 5 nitrogen and oxygen atoms in total. The molecular formula is C16H16ClF2N3O2S. The van der Waals surface area contributed by atoms with Gasteiger partial charge in [-0.1, -0.05) is 11.6 Å². The van der Waals surface area contributed by atoms with Gasteiger partial charge in [-0.15, -0.1) is 0 Å². The first-order valence-electron chi connectivity index (χ1n) is 6.92. The van der Waals surface area contributed by atoms with Gasteiger partial charge in [-0.05, 0) is 42.4 Å². The summed E-state index contributed by atoms with van der Waals surface area (Å²) in [5.41, 5.74) is 5.25. The van der Waals surface area contributed by atoms with Crippen LogP contribution in [0.2, 0.25) is 5.02 Å². The molecular weight excluding hydrogens is 372 g/mol. The van der Waals surface area contributed by atoms with Crippen molar-refractivity contribution >= 4 is 39.5 Å². The van der Waals surface area contributed by atoms with E-state index in [9.17, 15) is 18.7 Å². The van der Waals surface area contributed by atoms with Crippen LogP contribution in [0.3, 0.4) is 0 Å². The van der Waals surface area contributed by atoms with Gasteiger partial charge in [0.1, 0.15) is 5.82 Å². The highest BCUT2D eigenvalue weighted by atomic mass is 35.5. The number of aromatic nitrogens is 2. The molecule has 0 bridgehead atoms. The monoisotopic (exact) mass is 387 g/mol. The average Bonchev–Trinajstić information content (AvgIpc) is 2.50. The van der Waals surface area contributed by atoms with Crippen molar-refractivity contribution in [3.05, 3.63) is 45.5 Å². The van der Waals surface area contributed by atoms with Crippen molar-refractivity contribution in [3.8, 4) is 11.4 Å². The number of carbonyl (C=O) groups is 1. The van der Waals surface area contributed by atoms with Gasteiger partial charge in [0.25, 0.3) is 0 Å². The minimum Gasteiger partial charge on any atom is -0.476 e. The Morgan fingerprint density at radius 3 is 2.44 bits per heavy atom. The van der Waals surface area contributed by atoms with Crippen LogP contribution >= 0.6 is 21.6 Å². The van der Waals surface area contributed by atoms with Crippen molar-refractivity contribution in [3.63, 3.8) is 0 Å². The predicted molar refractivity (Wildman–Crippen MR) is 98.2 cm³/mol. The maximum atomic E-state index is 14.1. The maximum Gasteiger partial charge on any atom is 0.355 e. The van der Waals surface area contributed by atoms with Gasteiger partial charge in [-0.3, -0.25) is 0 Å². The van der Waals surface area contributed by atoms with Gasteiger partial charge in [0.2, 0.25) is 0 Å². The summed E-state index contributed by atoms with van der Waals surface area (Å²) >= 11 is 5.51. The lowest BCUT2D eigenvalue weighted by Gasteiger charge is -2.19. The van der Waals surface area contributed by atoms with Crippen molar-refractivity contribution < 1.29 is 18.7 Å². The molecule has 3 N–H and O–H groups in total. The Kier molecular flexibility index (Phi) is 5.34. The Hall–Kier alpha value is -2.19. The summed E-state index contributed by atoms with van der Waals surface area (Å²) < 4.78 is 27.7. The molecule has 0 aliphatic carbocycles. The molecule has 134 valence electrons. The van der Waals surface area contributed by atoms with Crippen LogP contribution in [0.4, 0.5) is 14.6 Å². The minimum absolute atomic E-state index is 0.119. The van der Waals surface area contributed by atoms with E-state index in [2.05, 4.69) is 9.97 Å². The molecule has 2 aromatic rings. The number of halogens is 3. The molecule has 0 atom stereocenters. The van der Waals surface area contributed by atoms with Crippen LogP contribution in [0, 0.1) is 11.6 Å². The third kappa shape index (κ3) is 4.26. The van der Waals surface area contributed by atoms with E-state index in [1.54, 1.807) is 0 Å². The molecule has 1 heterocycles. The number of carboxylic acid groups (broad SMARTS) is 1. The number of rotatable bonds is 4. The second-order valence-corrected chi connectivity index (χ2v) is 10.5. The van der Waals surface area contributed by atoms with Crippen molar-refractivity contribution in [2.45, 2.75) is 0 Å². The zero-order valence-corrected chi connectivity index (χ0v) is 15.3. The zero-order chi connectivity index (χ0) is 18.9. The summed E-state index contributed by atoms with van der Waals surface area (Å²) in [5, 5.41) is 10.8. The van der Waals surface area contributed by atoms with Crippen molar-refractivity contribution in [2.75, 3.05) is 24.5 Å². The van der Waals surface area contributed by atoms with E-state index in [4.69, 9.17) is 17.3 Å². The normalized spacial score (nSPS) is 12.6. The van der Waals surface area contributed by atoms with Crippen LogP contribution in [0.1, 0.15) is 16.1 Å². The van der Waals surface area contributed by atoms with E-state index in [-0.39, 0.29) is 22.8 Å². The van der Waals surface area contributed by atoms with Gasteiger partial charge < -0.3 is 10.8 Å². The second-order valence-electron chi connectivity index (χ2n) is 5.96. The maximum absolute atomic E-state index is 14.1. The van der Waals surface area contributed by atoms with E-state index in [1.165, 1.54) is 6.08 Å². The summed E-state index contributed by atoms with van der Waals surface area (Å²) in [4.78, 5) is 19.3. The van der Waals surface area contributed by atoms with E-state index in [0.717, 1.165) is 12.1 Å². The number of nitrogens with zero attached hydrogens (tertiary/aromatic N) is 2. The van der Waals surface area contributed by atoms with Gasteiger partial charge >= 0.3 is 5.97 Å². The van der Waals surface area contributed by atoms with Crippen LogP contribution in [0.15, 0.2) is 17.5 Å². The van der Waals surface area contributed by atoms with E-state index >= 15 is 0 Å². The fourth-order valence-corrected chi connectivity index (χ4v) is 2.60. The largest absolute Gasteiger partial charge is 0.476 e. The first kappa shape index (κ1) is 19.1. The Morgan fingerprint density at radius 2 is 1.88 bits per heavy atom. The molecule has 0 saturated heterocycles. The summed E-state index contributed by atoms with van der Waals surface area (Å²) in [7, 11) is -1.07. The molecule has 2 rings (SSSR count). The molecule has 25 heavy (non-hydrogen) atoms. The number of benzene rings is 1. The molecule has 0 aliphatic heterocycles. The van der Waals surface area contributed by atoms with Crippen LogP contribution in [-0.4, -0.2) is 39.8 Å². The fraction of sp³-hybridized carbons (Fsp3) is 0.188. The smallest absolute Gasteiger partial charge is 0.355 e. The highest BCUT2D eigenvalue weighted by Crippen LogP contribution is 2.38. The molecule has 0 spiro atoms. The first-order valence-corrected chi connectivity index (χ1v) is 10.2. The molecule has 1 aromatic carbocycles. The average molecular weight is 388 g/mol. The summed E-state index contributed by atoms with van der Waals surface area (Å²) in [6.45, 7) is 0. The molecule has 0 amide bonds. The molecule has 0 saturated carbocycles. The van der Waals surface area contributed by atoms with Crippen molar-refractivity contribution in [1.82, 2.24) is 9.97 Å². The zero-order valence-electron chi connectivity index (χ0n) is 13.7. The van der Waals surface area contributed by atoms with Gasteiger partial charge in [0, 0.05) is 0 Å². The van der Waals surface area contributed by atoms with Crippen LogP contribution < -0.4 is 5.73 Å². The number of anilines is 1. The van der Waals surface area contributed by atoms with E-state index < -0.39 is 38.3 Å². The Bertz CT molecular complexity index is 883. The summed E-state index contributed by atoms with van der Waals surface area (Å²) in [6, 6.07) is 2.29. The van der Waals surface area contributed by atoms with Crippen LogP contribution in [0.25, 0.3) is 17.5 Å². The van der Waals surface area contributed by atoms with E-state index in [0.29, 0.717) is 0 Å². The summed E-state index contributed by atoms with van der Waals surface area (Å²) in [6.07, 6.45) is 7.54. The lowest BCUT2D eigenvalue weighted by Crippen LogP contribution is -2.11. The van der Waals surface area contributed by atoms with E-state index in [1.807, 2.05) is 24.2 Å². The van der Waals surface area contributed by atoms with Gasteiger partial charge in [0.15, 0.2) is 23.2 Å². The fourth-order valence-electron chi connectivity index (χ4n) is 1.91. The number of hydrogen-bond donors (Lipinski definition) is 2. The molecule has 9 heteroatoms. The molecule has 0 unspecified atom stereocenters. The standard InChI is InChI=1S/C16H16ClF2N3O2S/c1-25(2,3)7-6-9-13(16(23)24)21-15(22-14(9)20)8-4-5-10(17)12(19)11(8)18/h4-7H,1-3H3,(H,23,24)(H2,20,21,22)/b7-6+. The molecule has 0 fully saturated rings. The van der Waals surface area contributed by atoms with Crippen molar-refractivity contribution in [1.29, 1.82) is 0 Å². The Labute approximate surface area is 149 Å². The molecule has 1 aromatic heterocycles. The quantitative estimate of drug-likeness (QED) is 0.773. The topological polar surface area (TPSA) is 89.1 Å². The SMILES string of the molecule is CS(C)(C)/C=C/c1c(N)nc(-c2ccc(Cl)c(F)c2F)nc1C(=O)O. The highest BCUT2D eigenvalue weighted by molar-refractivity contribution is 8.34.